The van der Waals surface area contributed by atoms with Crippen molar-refractivity contribution in [2.45, 2.75) is 32.6 Å². The lowest BCUT2D eigenvalue weighted by atomic mass is 10.1. The molecular formula is C17H20ClNO4. The van der Waals surface area contributed by atoms with Crippen LogP contribution in [0.5, 0.6) is 5.75 Å². The van der Waals surface area contributed by atoms with Crippen LogP contribution in [0.15, 0.2) is 28.8 Å². The van der Waals surface area contributed by atoms with Gasteiger partial charge < -0.3 is 13.9 Å². The van der Waals surface area contributed by atoms with Crippen molar-refractivity contribution in [1.29, 1.82) is 0 Å². The van der Waals surface area contributed by atoms with Crippen molar-refractivity contribution in [2.24, 2.45) is 0 Å². The van der Waals surface area contributed by atoms with Gasteiger partial charge in [-0.15, -0.1) is 0 Å². The number of halogens is 1. The largest absolute Gasteiger partial charge is 0.496 e. The molecule has 0 fully saturated rings. The summed E-state index contributed by atoms with van der Waals surface area (Å²) in [4.78, 5) is 15.5. The highest BCUT2D eigenvalue weighted by molar-refractivity contribution is 6.30. The molecule has 0 unspecified atom stereocenters. The smallest absolute Gasteiger partial charge is 0.305 e. The van der Waals surface area contributed by atoms with Crippen molar-refractivity contribution >= 4 is 17.6 Å². The number of hydrogen-bond donors (Lipinski definition) is 0. The van der Waals surface area contributed by atoms with Gasteiger partial charge in [-0.1, -0.05) is 11.6 Å². The van der Waals surface area contributed by atoms with Gasteiger partial charge in [-0.05, 0) is 38.0 Å². The Morgan fingerprint density at radius 1 is 1.35 bits per heavy atom. The zero-order valence-electron chi connectivity index (χ0n) is 13.3. The zero-order valence-corrected chi connectivity index (χ0v) is 14.1. The van der Waals surface area contributed by atoms with Crippen LogP contribution in [0.1, 0.15) is 32.1 Å². The molecule has 1 heterocycles. The first-order valence-electron chi connectivity index (χ1n) is 7.58. The van der Waals surface area contributed by atoms with Crippen molar-refractivity contribution in [2.75, 3.05) is 13.7 Å². The van der Waals surface area contributed by atoms with Crippen LogP contribution in [-0.4, -0.2) is 24.7 Å². The number of aryl methyl sites for hydroxylation is 1. The third kappa shape index (κ3) is 4.99. The number of aromatic nitrogens is 1. The summed E-state index contributed by atoms with van der Waals surface area (Å²) < 4.78 is 16.0. The number of methoxy groups -OCH3 is 1. The molecule has 124 valence electrons. The highest BCUT2D eigenvalue weighted by Gasteiger charge is 2.12. The van der Waals surface area contributed by atoms with E-state index in [0.717, 1.165) is 18.4 Å². The Labute approximate surface area is 140 Å². The minimum absolute atomic E-state index is 0.163. The van der Waals surface area contributed by atoms with Gasteiger partial charge in [0, 0.05) is 17.9 Å². The van der Waals surface area contributed by atoms with Crippen LogP contribution < -0.4 is 4.74 Å². The molecule has 0 aliphatic heterocycles. The maximum Gasteiger partial charge on any atom is 0.305 e. The molecule has 0 aliphatic carbocycles. The second-order valence-corrected chi connectivity index (χ2v) is 5.41. The molecule has 1 aromatic heterocycles. The molecule has 2 rings (SSSR count). The second kappa shape index (κ2) is 8.58. The molecule has 5 nitrogen and oxygen atoms in total. The van der Waals surface area contributed by atoms with Gasteiger partial charge in [0.1, 0.15) is 5.75 Å². The summed E-state index contributed by atoms with van der Waals surface area (Å²) in [6.07, 6.45) is 4.31. The van der Waals surface area contributed by atoms with Gasteiger partial charge in [-0.25, -0.2) is 4.98 Å². The average Bonchev–Trinajstić information content (AvgIpc) is 3.00. The Balaban J connectivity index is 1.93. The third-order valence-electron chi connectivity index (χ3n) is 3.31. The first-order chi connectivity index (χ1) is 11.1. The Bertz CT molecular complexity index is 654. The lowest BCUT2D eigenvalue weighted by molar-refractivity contribution is -0.143. The van der Waals surface area contributed by atoms with Crippen LogP contribution in [0.4, 0.5) is 0 Å². The fourth-order valence-corrected chi connectivity index (χ4v) is 2.37. The number of unbranched alkanes of at least 4 members (excludes halogenated alkanes) is 1. The third-order valence-corrected chi connectivity index (χ3v) is 3.54. The summed E-state index contributed by atoms with van der Waals surface area (Å²) in [7, 11) is 1.60. The van der Waals surface area contributed by atoms with Gasteiger partial charge >= 0.3 is 5.97 Å². The standard InChI is InChI=1S/C17H20ClNO4/c1-3-22-17(20)7-5-4-6-16-19-11-15(23-16)13-10-12(18)8-9-14(13)21-2/h8-11H,3-7H2,1-2H3. The highest BCUT2D eigenvalue weighted by atomic mass is 35.5. The monoisotopic (exact) mass is 337 g/mol. The normalized spacial score (nSPS) is 10.6. The van der Waals surface area contributed by atoms with Gasteiger partial charge in [0.2, 0.25) is 0 Å². The number of esters is 1. The van der Waals surface area contributed by atoms with Gasteiger partial charge in [0.05, 0.1) is 25.5 Å². The van der Waals surface area contributed by atoms with Crippen molar-refractivity contribution in [3.63, 3.8) is 0 Å². The molecule has 2 aromatic rings. The summed E-state index contributed by atoms with van der Waals surface area (Å²) in [5.41, 5.74) is 0.769. The number of nitrogens with zero attached hydrogens (tertiary/aromatic N) is 1. The lowest BCUT2D eigenvalue weighted by Gasteiger charge is -2.05. The Morgan fingerprint density at radius 3 is 2.91 bits per heavy atom. The topological polar surface area (TPSA) is 61.6 Å². The van der Waals surface area contributed by atoms with Crippen molar-refractivity contribution in [1.82, 2.24) is 4.98 Å². The maximum atomic E-state index is 11.3. The Morgan fingerprint density at radius 2 is 2.17 bits per heavy atom. The van der Waals surface area contributed by atoms with Crippen LogP contribution >= 0.6 is 11.6 Å². The average molecular weight is 338 g/mol. The van der Waals surface area contributed by atoms with E-state index >= 15 is 0 Å². The lowest BCUT2D eigenvalue weighted by Crippen LogP contribution is -2.03. The summed E-state index contributed by atoms with van der Waals surface area (Å²) in [5, 5.41) is 0.605. The van der Waals surface area contributed by atoms with Crippen LogP contribution in [0.3, 0.4) is 0 Å². The molecular weight excluding hydrogens is 318 g/mol. The predicted molar refractivity (Wildman–Crippen MR) is 87.7 cm³/mol. The molecule has 6 heteroatoms. The highest BCUT2D eigenvalue weighted by Crippen LogP contribution is 2.33. The van der Waals surface area contributed by atoms with E-state index in [-0.39, 0.29) is 5.97 Å². The molecule has 0 bridgehead atoms. The van der Waals surface area contributed by atoms with Gasteiger partial charge in [0.25, 0.3) is 0 Å². The zero-order chi connectivity index (χ0) is 16.7. The van der Waals surface area contributed by atoms with Crippen LogP contribution in [-0.2, 0) is 16.0 Å². The van der Waals surface area contributed by atoms with Crippen molar-refractivity contribution in [3.05, 3.63) is 35.3 Å². The van der Waals surface area contributed by atoms with E-state index in [1.165, 1.54) is 0 Å². The number of carbonyl (C=O) groups excluding carboxylic acids is 1. The van der Waals surface area contributed by atoms with Gasteiger partial charge in [-0.3, -0.25) is 4.79 Å². The Kier molecular flexibility index (Phi) is 6.47. The van der Waals surface area contributed by atoms with E-state index in [1.54, 1.807) is 38.4 Å². The SMILES string of the molecule is CCOC(=O)CCCCc1ncc(-c2cc(Cl)ccc2OC)o1. The Hall–Kier alpha value is -2.01. The number of ether oxygens (including phenoxy) is 2. The summed E-state index contributed by atoms with van der Waals surface area (Å²) >= 11 is 6.03. The van der Waals surface area contributed by atoms with E-state index in [1.807, 2.05) is 0 Å². The van der Waals surface area contributed by atoms with E-state index in [4.69, 9.17) is 25.5 Å². The van der Waals surface area contributed by atoms with E-state index in [2.05, 4.69) is 4.98 Å². The van der Waals surface area contributed by atoms with Gasteiger partial charge in [0.15, 0.2) is 11.7 Å². The second-order valence-electron chi connectivity index (χ2n) is 4.97. The van der Waals surface area contributed by atoms with Crippen LogP contribution in [0, 0.1) is 0 Å². The molecule has 0 radical (unpaired) electrons. The molecule has 0 aliphatic rings. The molecule has 0 saturated carbocycles. The number of hydrogen-bond acceptors (Lipinski definition) is 5. The predicted octanol–water partition coefficient (Wildman–Crippen LogP) is 4.28. The van der Waals surface area contributed by atoms with E-state index in [0.29, 0.717) is 41.9 Å². The minimum atomic E-state index is -0.163. The molecule has 0 N–H and O–H groups in total. The molecule has 23 heavy (non-hydrogen) atoms. The van der Waals surface area contributed by atoms with E-state index in [9.17, 15) is 4.79 Å². The molecule has 0 spiro atoms. The fraction of sp³-hybridized carbons (Fsp3) is 0.412. The summed E-state index contributed by atoms with van der Waals surface area (Å²) in [6.45, 7) is 2.22. The first kappa shape index (κ1) is 17.3. The fourth-order valence-electron chi connectivity index (χ4n) is 2.20. The number of oxazole rings is 1. The molecule has 1 aromatic carbocycles. The minimum Gasteiger partial charge on any atom is -0.496 e. The summed E-state index contributed by atoms with van der Waals surface area (Å²) in [5.74, 6) is 1.76. The molecule has 0 saturated heterocycles. The first-order valence-corrected chi connectivity index (χ1v) is 7.96. The van der Waals surface area contributed by atoms with Gasteiger partial charge in [-0.2, -0.15) is 0 Å². The van der Waals surface area contributed by atoms with Crippen molar-refractivity contribution in [3.8, 4) is 17.1 Å². The van der Waals surface area contributed by atoms with Crippen molar-refractivity contribution < 1.29 is 18.7 Å². The quantitative estimate of drug-likeness (QED) is 0.531. The molecule has 0 atom stereocenters. The van der Waals surface area contributed by atoms with Crippen LogP contribution in [0.2, 0.25) is 5.02 Å². The number of rotatable bonds is 8. The number of benzene rings is 1. The van der Waals surface area contributed by atoms with Crippen LogP contribution in [0.25, 0.3) is 11.3 Å². The number of carbonyl (C=O) groups is 1. The summed E-state index contributed by atoms with van der Waals surface area (Å²) in [6, 6.07) is 5.33. The van der Waals surface area contributed by atoms with E-state index < -0.39 is 0 Å². The maximum absolute atomic E-state index is 11.3. The molecule has 0 amide bonds.